The van der Waals surface area contributed by atoms with Gasteiger partial charge in [0, 0.05) is 36.1 Å². The van der Waals surface area contributed by atoms with E-state index in [2.05, 4.69) is 22.5 Å². The van der Waals surface area contributed by atoms with Gasteiger partial charge in [0.15, 0.2) is 15.6 Å². The topological polar surface area (TPSA) is 59.4 Å². The minimum Gasteiger partial charge on any atom is -0.344 e. The predicted octanol–water partition coefficient (Wildman–Crippen LogP) is 2.30. The summed E-state index contributed by atoms with van der Waals surface area (Å²) in [6, 6.07) is 1.89. The Morgan fingerprint density at radius 2 is 2.04 bits per heavy atom. The van der Waals surface area contributed by atoms with Crippen LogP contribution in [0.1, 0.15) is 47.6 Å². The number of ketones is 1. The maximum Gasteiger partial charge on any atom is 0.178 e. The molecule has 2 aliphatic heterocycles. The molecule has 1 fully saturated rings. The van der Waals surface area contributed by atoms with Crippen LogP contribution in [0.3, 0.4) is 0 Å². The summed E-state index contributed by atoms with van der Waals surface area (Å²) < 4.78 is 25.6. The van der Waals surface area contributed by atoms with E-state index in [1.807, 2.05) is 19.9 Å². The molecule has 0 saturated carbocycles. The number of aryl methyl sites for hydroxylation is 1. The van der Waals surface area contributed by atoms with Gasteiger partial charge in [-0.2, -0.15) is 0 Å². The first-order valence-electron chi connectivity index (χ1n) is 8.57. The normalized spacial score (nSPS) is 24.1. The molecule has 6 heteroatoms. The standard InChI is InChI=1S/C18H26N2O3S/c1-13-4-7-19(8-5-13)11-18(21)17-10-14(2)20(15(17)3)16-6-9-24(22,23)12-16/h4,10,16H,5-9,11-12H2,1-3H3/t16-/m0/s1. The van der Waals surface area contributed by atoms with Crippen molar-refractivity contribution >= 4 is 15.6 Å². The lowest BCUT2D eigenvalue weighted by Crippen LogP contribution is -2.33. The Kier molecular flexibility index (Phi) is 4.71. The molecular weight excluding hydrogens is 324 g/mol. The molecule has 3 rings (SSSR count). The number of aromatic nitrogens is 1. The van der Waals surface area contributed by atoms with Crippen molar-refractivity contribution in [2.45, 2.75) is 39.7 Å². The Morgan fingerprint density at radius 3 is 2.62 bits per heavy atom. The summed E-state index contributed by atoms with van der Waals surface area (Å²) in [6.45, 7) is 8.21. The summed E-state index contributed by atoms with van der Waals surface area (Å²) in [5.41, 5.74) is 4.01. The second-order valence-corrected chi connectivity index (χ2v) is 9.40. The van der Waals surface area contributed by atoms with Gasteiger partial charge >= 0.3 is 0 Å². The van der Waals surface area contributed by atoms with Crippen molar-refractivity contribution in [1.29, 1.82) is 0 Å². The van der Waals surface area contributed by atoms with Gasteiger partial charge in [-0.1, -0.05) is 11.6 Å². The fourth-order valence-corrected chi connectivity index (χ4v) is 5.54. The molecule has 0 amide bonds. The summed E-state index contributed by atoms with van der Waals surface area (Å²) >= 11 is 0. The van der Waals surface area contributed by atoms with Gasteiger partial charge in [0.25, 0.3) is 0 Å². The van der Waals surface area contributed by atoms with Crippen LogP contribution in [0.2, 0.25) is 0 Å². The highest BCUT2D eigenvalue weighted by molar-refractivity contribution is 7.91. The van der Waals surface area contributed by atoms with Gasteiger partial charge in [0.05, 0.1) is 18.1 Å². The second kappa shape index (κ2) is 6.48. The molecule has 3 heterocycles. The second-order valence-electron chi connectivity index (χ2n) is 7.17. The van der Waals surface area contributed by atoms with Gasteiger partial charge in [0.2, 0.25) is 0 Å². The van der Waals surface area contributed by atoms with E-state index in [4.69, 9.17) is 0 Å². The first-order valence-corrected chi connectivity index (χ1v) is 10.4. The summed E-state index contributed by atoms with van der Waals surface area (Å²) in [7, 11) is -2.94. The fraction of sp³-hybridized carbons (Fsp3) is 0.611. The number of Topliss-reactive ketones (excluding diaryl/α,β-unsaturated/α-hetero) is 1. The zero-order valence-electron chi connectivity index (χ0n) is 14.7. The predicted molar refractivity (Wildman–Crippen MR) is 95.4 cm³/mol. The highest BCUT2D eigenvalue weighted by Crippen LogP contribution is 2.29. The van der Waals surface area contributed by atoms with E-state index in [0.717, 1.165) is 36.5 Å². The Balaban J connectivity index is 1.77. The smallest absolute Gasteiger partial charge is 0.178 e. The molecule has 0 spiro atoms. The molecule has 1 aromatic rings. The number of rotatable bonds is 4. The summed E-state index contributed by atoms with van der Waals surface area (Å²) in [4.78, 5) is 14.9. The fourth-order valence-electron chi connectivity index (χ4n) is 3.84. The molecule has 0 radical (unpaired) electrons. The van der Waals surface area contributed by atoms with Crippen LogP contribution in [0, 0.1) is 13.8 Å². The molecule has 0 aromatic carbocycles. The van der Waals surface area contributed by atoms with Gasteiger partial charge in [-0.05, 0) is 39.7 Å². The molecule has 1 saturated heterocycles. The van der Waals surface area contributed by atoms with Crippen molar-refractivity contribution in [3.63, 3.8) is 0 Å². The van der Waals surface area contributed by atoms with Crippen molar-refractivity contribution in [3.05, 3.63) is 34.7 Å². The zero-order chi connectivity index (χ0) is 17.5. The highest BCUT2D eigenvalue weighted by atomic mass is 32.2. The third kappa shape index (κ3) is 3.49. The third-order valence-electron chi connectivity index (χ3n) is 5.25. The largest absolute Gasteiger partial charge is 0.344 e. The summed E-state index contributed by atoms with van der Waals surface area (Å²) in [5, 5.41) is 0. The van der Waals surface area contributed by atoms with Gasteiger partial charge in [-0.3, -0.25) is 9.69 Å². The van der Waals surface area contributed by atoms with Crippen molar-refractivity contribution in [1.82, 2.24) is 9.47 Å². The first-order chi connectivity index (χ1) is 11.3. The Morgan fingerprint density at radius 1 is 1.29 bits per heavy atom. The lowest BCUT2D eigenvalue weighted by molar-refractivity contribution is 0.0935. The van der Waals surface area contributed by atoms with Crippen LogP contribution in [-0.2, 0) is 9.84 Å². The molecular formula is C18H26N2O3S. The van der Waals surface area contributed by atoms with E-state index in [9.17, 15) is 13.2 Å². The SMILES string of the molecule is CC1=CCN(CC(=O)c2cc(C)n([C@H]3CCS(=O)(=O)C3)c2C)CC1. The number of sulfone groups is 1. The zero-order valence-corrected chi connectivity index (χ0v) is 15.5. The molecule has 5 nitrogen and oxygen atoms in total. The van der Waals surface area contributed by atoms with Gasteiger partial charge < -0.3 is 4.57 Å². The van der Waals surface area contributed by atoms with Crippen LogP contribution >= 0.6 is 0 Å². The maximum atomic E-state index is 12.7. The number of hydrogen-bond donors (Lipinski definition) is 0. The average Bonchev–Trinajstić information content (AvgIpc) is 3.00. The minimum atomic E-state index is -2.94. The van der Waals surface area contributed by atoms with E-state index < -0.39 is 9.84 Å². The van der Waals surface area contributed by atoms with Crippen LogP contribution < -0.4 is 0 Å². The van der Waals surface area contributed by atoms with Crippen LogP contribution in [0.5, 0.6) is 0 Å². The van der Waals surface area contributed by atoms with Crippen LogP contribution in [0.4, 0.5) is 0 Å². The van der Waals surface area contributed by atoms with Gasteiger partial charge in [-0.25, -0.2) is 8.42 Å². The number of nitrogens with zero attached hydrogens (tertiary/aromatic N) is 2. The molecule has 132 valence electrons. The molecule has 1 atom stereocenters. The molecule has 1 aromatic heterocycles. The number of hydrogen-bond acceptors (Lipinski definition) is 4. The Bertz CT molecular complexity index is 789. The first kappa shape index (κ1) is 17.4. The molecule has 0 bridgehead atoms. The number of carbonyl (C=O) groups is 1. The van der Waals surface area contributed by atoms with E-state index in [1.165, 1.54) is 5.57 Å². The average molecular weight is 350 g/mol. The maximum absolute atomic E-state index is 12.7. The van der Waals surface area contributed by atoms with Gasteiger partial charge in [-0.15, -0.1) is 0 Å². The van der Waals surface area contributed by atoms with Gasteiger partial charge in [0.1, 0.15) is 0 Å². The van der Waals surface area contributed by atoms with E-state index >= 15 is 0 Å². The van der Waals surface area contributed by atoms with Crippen LogP contribution in [0.15, 0.2) is 17.7 Å². The molecule has 24 heavy (non-hydrogen) atoms. The van der Waals surface area contributed by atoms with Crippen LogP contribution in [0.25, 0.3) is 0 Å². The molecule has 0 aliphatic carbocycles. The molecule has 0 N–H and O–H groups in total. The summed E-state index contributed by atoms with van der Waals surface area (Å²) in [5.74, 6) is 0.563. The van der Waals surface area contributed by atoms with Crippen molar-refractivity contribution in [2.75, 3.05) is 31.1 Å². The lowest BCUT2D eigenvalue weighted by Gasteiger charge is -2.24. The Hall–Kier alpha value is -1.40. The molecule has 2 aliphatic rings. The van der Waals surface area contributed by atoms with E-state index in [-0.39, 0.29) is 23.3 Å². The van der Waals surface area contributed by atoms with E-state index in [0.29, 0.717) is 13.0 Å². The molecule has 0 unspecified atom stereocenters. The third-order valence-corrected chi connectivity index (χ3v) is 7.00. The van der Waals surface area contributed by atoms with Crippen molar-refractivity contribution < 1.29 is 13.2 Å². The van der Waals surface area contributed by atoms with Crippen molar-refractivity contribution in [2.24, 2.45) is 0 Å². The van der Waals surface area contributed by atoms with E-state index in [1.54, 1.807) is 0 Å². The lowest BCUT2D eigenvalue weighted by atomic mass is 10.1. The number of carbonyl (C=O) groups excluding carboxylic acids is 1. The van der Waals surface area contributed by atoms with Crippen molar-refractivity contribution in [3.8, 4) is 0 Å². The Labute approximate surface area is 144 Å². The monoisotopic (exact) mass is 350 g/mol. The highest BCUT2D eigenvalue weighted by Gasteiger charge is 2.31. The van der Waals surface area contributed by atoms with Crippen LogP contribution in [-0.4, -0.2) is 54.8 Å². The summed E-state index contributed by atoms with van der Waals surface area (Å²) in [6.07, 6.45) is 3.85. The quantitative estimate of drug-likeness (QED) is 0.617. The minimum absolute atomic E-state index is 0.0304.